The van der Waals surface area contributed by atoms with Gasteiger partial charge in [-0.15, -0.1) is 11.3 Å². The van der Waals surface area contributed by atoms with Gasteiger partial charge in [0.25, 0.3) is 5.91 Å². The number of nitrogens with zero attached hydrogens (tertiary/aromatic N) is 3. The molecule has 0 spiro atoms. The van der Waals surface area contributed by atoms with E-state index in [9.17, 15) is 9.59 Å². The molecule has 8 nitrogen and oxygen atoms in total. The fourth-order valence-corrected chi connectivity index (χ4v) is 4.43. The van der Waals surface area contributed by atoms with E-state index in [1.54, 1.807) is 16.2 Å². The lowest BCUT2D eigenvalue weighted by molar-refractivity contribution is -0.144. The molecule has 1 atom stereocenters. The fourth-order valence-electron chi connectivity index (χ4n) is 3.81. The number of aryl methyl sites for hydroxylation is 3. The summed E-state index contributed by atoms with van der Waals surface area (Å²) >= 11 is 1.60. The molecule has 1 saturated heterocycles. The smallest absolute Gasteiger partial charge is 0.255 e. The van der Waals surface area contributed by atoms with E-state index in [1.807, 2.05) is 50.4 Å². The molecule has 1 unspecified atom stereocenters. The van der Waals surface area contributed by atoms with Crippen molar-refractivity contribution < 1.29 is 14.3 Å². The van der Waals surface area contributed by atoms with Gasteiger partial charge in [0.2, 0.25) is 5.91 Å². The lowest BCUT2D eigenvalue weighted by Gasteiger charge is -2.32. The molecule has 1 aromatic carbocycles. The summed E-state index contributed by atoms with van der Waals surface area (Å²) < 4.78 is 5.65. The van der Waals surface area contributed by atoms with Gasteiger partial charge in [-0.05, 0) is 44.9 Å². The first-order chi connectivity index (χ1) is 15.4. The number of morpholine rings is 1. The van der Waals surface area contributed by atoms with Crippen LogP contribution in [0.3, 0.4) is 0 Å². The number of rotatable bonds is 6. The first-order valence-corrected chi connectivity index (χ1v) is 11.5. The summed E-state index contributed by atoms with van der Waals surface area (Å²) in [6.07, 6.45) is 0.324. The van der Waals surface area contributed by atoms with Gasteiger partial charge in [0.15, 0.2) is 6.10 Å². The SMILES string of the molecule is Cc1nc(-c2ccc(NC(=O)C3CN(C(=O)CCc4c(C)n[nH]c4C)CCO3)cc2)cs1. The standard InChI is InChI=1S/C23H27N5O3S/c1-14-19(15(2)27-26-14)8-9-22(29)28-10-11-31-21(12-28)23(30)25-18-6-4-17(5-7-18)20-13-32-16(3)24-20/h4-7,13,21H,8-12H2,1-3H3,(H,25,30)(H,26,27). The van der Waals surface area contributed by atoms with E-state index >= 15 is 0 Å². The van der Waals surface area contributed by atoms with Gasteiger partial charge in [-0.2, -0.15) is 5.10 Å². The van der Waals surface area contributed by atoms with E-state index < -0.39 is 6.10 Å². The number of nitrogens with one attached hydrogen (secondary N) is 2. The molecule has 3 heterocycles. The molecule has 1 aliphatic rings. The van der Waals surface area contributed by atoms with Crippen LogP contribution in [0.25, 0.3) is 11.3 Å². The number of hydrogen-bond donors (Lipinski definition) is 2. The van der Waals surface area contributed by atoms with Crippen molar-refractivity contribution >= 4 is 28.8 Å². The summed E-state index contributed by atoms with van der Waals surface area (Å²) in [7, 11) is 0. The highest BCUT2D eigenvalue weighted by Gasteiger charge is 2.29. The van der Waals surface area contributed by atoms with E-state index in [-0.39, 0.29) is 18.4 Å². The molecule has 32 heavy (non-hydrogen) atoms. The van der Waals surface area contributed by atoms with Crippen LogP contribution in [0.2, 0.25) is 0 Å². The van der Waals surface area contributed by atoms with Gasteiger partial charge < -0.3 is 15.0 Å². The summed E-state index contributed by atoms with van der Waals surface area (Å²) in [5.41, 5.74) is 5.61. The predicted molar refractivity (Wildman–Crippen MR) is 124 cm³/mol. The van der Waals surface area contributed by atoms with Gasteiger partial charge in [-0.3, -0.25) is 14.7 Å². The highest BCUT2D eigenvalue weighted by molar-refractivity contribution is 7.09. The number of carbonyl (C=O) groups excluding carboxylic acids is 2. The summed E-state index contributed by atoms with van der Waals surface area (Å²) in [5, 5.41) is 13.0. The molecule has 4 rings (SSSR count). The Morgan fingerprint density at radius 2 is 2.03 bits per heavy atom. The van der Waals surface area contributed by atoms with Crippen molar-refractivity contribution in [2.24, 2.45) is 0 Å². The summed E-state index contributed by atoms with van der Waals surface area (Å²) in [6.45, 7) is 6.95. The first-order valence-electron chi connectivity index (χ1n) is 10.6. The Morgan fingerprint density at radius 3 is 2.69 bits per heavy atom. The Morgan fingerprint density at radius 1 is 1.25 bits per heavy atom. The van der Waals surface area contributed by atoms with Gasteiger partial charge in [-0.1, -0.05) is 12.1 Å². The molecule has 0 aliphatic carbocycles. The molecule has 1 aliphatic heterocycles. The van der Waals surface area contributed by atoms with Crippen LogP contribution in [0.4, 0.5) is 5.69 Å². The van der Waals surface area contributed by atoms with Crippen LogP contribution in [0.1, 0.15) is 28.4 Å². The van der Waals surface area contributed by atoms with Crippen LogP contribution < -0.4 is 5.32 Å². The third kappa shape index (κ3) is 5.05. The van der Waals surface area contributed by atoms with E-state index in [0.717, 1.165) is 33.2 Å². The van der Waals surface area contributed by atoms with Crippen LogP contribution >= 0.6 is 11.3 Å². The van der Waals surface area contributed by atoms with Crippen molar-refractivity contribution in [2.75, 3.05) is 25.0 Å². The van der Waals surface area contributed by atoms with E-state index in [2.05, 4.69) is 20.5 Å². The molecule has 0 radical (unpaired) electrons. The molecule has 2 N–H and O–H groups in total. The topological polar surface area (TPSA) is 100 Å². The second-order valence-corrected chi connectivity index (χ2v) is 8.99. The lowest BCUT2D eigenvalue weighted by Crippen LogP contribution is -2.50. The zero-order chi connectivity index (χ0) is 22.7. The summed E-state index contributed by atoms with van der Waals surface area (Å²) in [5.74, 6) is -0.227. The molecular formula is C23H27N5O3S. The maximum absolute atomic E-state index is 12.7. The van der Waals surface area contributed by atoms with Crippen molar-refractivity contribution in [3.63, 3.8) is 0 Å². The molecule has 2 amide bonds. The van der Waals surface area contributed by atoms with Gasteiger partial charge in [0.05, 0.1) is 29.5 Å². The predicted octanol–water partition coefficient (Wildman–Crippen LogP) is 3.26. The van der Waals surface area contributed by atoms with Gasteiger partial charge >= 0.3 is 0 Å². The Balaban J connectivity index is 1.31. The molecule has 0 saturated carbocycles. The number of anilines is 1. The van der Waals surface area contributed by atoms with Crippen molar-refractivity contribution in [3.05, 3.63) is 51.6 Å². The minimum atomic E-state index is -0.689. The number of amides is 2. The van der Waals surface area contributed by atoms with Crippen LogP contribution in [0.5, 0.6) is 0 Å². The van der Waals surface area contributed by atoms with E-state index in [0.29, 0.717) is 31.7 Å². The van der Waals surface area contributed by atoms with Gasteiger partial charge in [-0.25, -0.2) is 4.98 Å². The van der Waals surface area contributed by atoms with Gasteiger partial charge in [0, 0.05) is 35.3 Å². The van der Waals surface area contributed by atoms with Crippen LogP contribution in [0, 0.1) is 20.8 Å². The minimum Gasteiger partial charge on any atom is -0.365 e. The second-order valence-electron chi connectivity index (χ2n) is 7.93. The number of benzene rings is 1. The zero-order valence-electron chi connectivity index (χ0n) is 18.5. The van der Waals surface area contributed by atoms with Crippen molar-refractivity contribution in [3.8, 4) is 11.3 Å². The van der Waals surface area contributed by atoms with Gasteiger partial charge in [0.1, 0.15) is 0 Å². The number of H-pyrrole nitrogens is 1. The normalized spacial score (nSPS) is 16.2. The number of hydrogen-bond acceptors (Lipinski definition) is 6. The average molecular weight is 454 g/mol. The molecule has 0 bridgehead atoms. The van der Waals surface area contributed by atoms with Crippen molar-refractivity contribution in [1.29, 1.82) is 0 Å². The largest absolute Gasteiger partial charge is 0.365 e. The molecule has 3 aromatic rings. The first kappa shape index (κ1) is 22.2. The number of carbonyl (C=O) groups is 2. The number of aromatic nitrogens is 3. The van der Waals surface area contributed by atoms with Crippen molar-refractivity contribution in [2.45, 2.75) is 39.7 Å². The molecule has 168 valence electrons. The highest BCUT2D eigenvalue weighted by Crippen LogP contribution is 2.23. The number of thiazole rings is 1. The second kappa shape index (κ2) is 9.62. The summed E-state index contributed by atoms with van der Waals surface area (Å²) in [4.78, 5) is 31.6. The number of ether oxygens (including phenoxy) is 1. The quantitative estimate of drug-likeness (QED) is 0.597. The van der Waals surface area contributed by atoms with E-state index in [1.165, 1.54) is 0 Å². The average Bonchev–Trinajstić information content (AvgIpc) is 3.37. The third-order valence-corrected chi connectivity index (χ3v) is 6.42. The molecule has 9 heteroatoms. The Kier molecular flexibility index (Phi) is 6.66. The summed E-state index contributed by atoms with van der Waals surface area (Å²) in [6, 6.07) is 7.56. The maximum atomic E-state index is 12.7. The molecule has 2 aromatic heterocycles. The molecule has 1 fully saturated rings. The number of aromatic amines is 1. The van der Waals surface area contributed by atoms with Crippen molar-refractivity contribution in [1.82, 2.24) is 20.1 Å². The Labute approximate surface area is 191 Å². The molecular weight excluding hydrogens is 426 g/mol. The lowest BCUT2D eigenvalue weighted by atomic mass is 10.1. The van der Waals surface area contributed by atoms with Crippen LogP contribution in [-0.4, -0.2) is 57.7 Å². The van der Waals surface area contributed by atoms with Crippen LogP contribution in [0.15, 0.2) is 29.6 Å². The Bertz CT molecular complexity index is 1090. The van der Waals surface area contributed by atoms with E-state index in [4.69, 9.17) is 4.74 Å². The highest BCUT2D eigenvalue weighted by atomic mass is 32.1. The third-order valence-electron chi connectivity index (χ3n) is 5.65. The maximum Gasteiger partial charge on any atom is 0.255 e. The zero-order valence-corrected chi connectivity index (χ0v) is 19.3. The Hall–Kier alpha value is -3.04. The monoisotopic (exact) mass is 453 g/mol. The minimum absolute atomic E-state index is 0.0222. The fraction of sp³-hybridized carbons (Fsp3) is 0.391. The van der Waals surface area contributed by atoms with Crippen LogP contribution in [-0.2, 0) is 20.7 Å².